The summed E-state index contributed by atoms with van der Waals surface area (Å²) in [5.41, 5.74) is 1.75. The molecule has 2 aliphatic rings. The van der Waals surface area contributed by atoms with Gasteiger partial charge in [0.2, 0.25) is 0 Å². The Bertz CT molecular complexity index is 930. The average molecular weight is 434 g/mol. The lowest BCUT2D eigenvalue weighted by molar-refractivity contribution is -0.125. The molecule has 0 aliphatic carbocycles. The molecule has 9 heteroatoms. The van der Waals surface area contributed by atoms with Crippen molar-refractivity contribution in [3.63, 3.8) is 0 Å². The Morgan fingerprint density at radius 1 is 1.21 bits per heavy atom. The van der Waals surface area contributed by atoms with Gasteiger partial charge in [-0.3, -0.25) is 9.59 Å². The highest BCUT2D eigenvalue weighted by Crippen LogP contribution is 2.29. The van der Waals surface area contributed by atoms with Crippen LogP contribution in [0.15, 0.2) is 48.9 Å². The van der Waals surface area contributed by atoms with E-state index in [1.165, 1.54) is 11.3 Å². The fraction of sp³-hybridized carbons (Fsp3) is 0.300. The van der Waals surface area contributed by atoms with Crippen molar-refractivity contribution in [2.24, 2.45) is 0 Å². The molecule has 0 saturated carbocycles. The van der Waals surface area contributed by atoms with Crippen molar-refractivity contribution >= 4 is 46.1 Å². The van der Waals surface area contributed by atoms with Crippen molar-refractivity contribution in [1.29, 1.82) is 0 Å². The Morgan fingerprint density at radius 2 is 1.93 bits per heavy atom. The standard InChI is InChI=1S/C20H20ClN3O4S/c1-13-24(11-16(28-13)10-22-20(26)17-6-7-18(21)29-17)15-4-2-14(3-5-15)23-8-9-27-12-19(23)25/h2-7,16H,1,8-12H2,(H,22,26)/t16-/m0/s1. The van der Waals surface area contributed by atoms with Gasteiger partial charge in [0, 0.05) is 17.9 Å². The van der Waals surface area contributed by atoms with E-state index in [1.807, 2.05) is 29.2 Å². The number of amides is 2. The number of morpholine rings is 1. The molecule has 1 aromatic carbocycles. The van der Waals surface area contributed by atoms with Gasteiger partial charge in [-0.2, -0.15) is 0 Å². The third-order valence-corrected chi connectivity index (χ3v) is 5.97. The minimum absolute atomic E-state index is 0.0410. The number of thiophene rings is 1. The van der Waals surface area contributed by atoms with Crippen LogP contribution >= 0.6 is 22.9 Å². The number of nitrogens with one attached hydrogen (secondary N) is 1. The van der Waals surface area contributed by atoms with Crippen molar-refractivity contribution in [1.82, 2.24) is 5.32 Å². The third kappa shape index (κ3) is 4.39. The summed E-state index contributed by atoms with van der Waals surface area (Å²) in [4.78, 5) is 28.4. The number of carbonyl (C=O) groups excluding carboxylic acids is 2. The van der Waals surface area contributed by atoms with E-state index in [1.54, 1.807) is 17.0 Å². The summed E-state index contributed by atoms with van der Waals surface area (Å²) in [6.07, 6.45) is -0.206. The predicted molar refractivity (Wildman–Crippen MR) is 113 cm³/mol. The summed E-state index contributed by atoms with van der Waals surface area (Å²) in [7, 11) is 0. The van der Waals surface area contributed by atoms with Crippen LogP contribution in [0, 0.1) is 0 Å². The first kappa shape index (κ1) is 19.8. The number of halogens is 1. The molecule has 2 aliphatic heterocycles. The van der Waals surface area contributed by atoms with Crippen LogP contribution < -0.4 is 15.1 Å². The summed E-state index contributed by atoms with van der Waals surface area (Å²) < 4.78 is 11.5. The van der Waals surface area contributed by atoms with Crippen LogP contribution in [0.4, 0.5) is 11.4 Å². The quantitative estimate of drug-likeness (QED) is 0.785. The summed E-state index contributed by atoms with van der Waals surface area (Å²) in [5, 5.41) is 2.87. The van der Waals surface area contributed by atoms with E-state index in [0.29, 0.717) is 41.3 Å². The van der Waals surface area contributed by atoms with Crippen molar-refractivity contribution < 1.29 is 19.1 Å². The molecule has 1 atom stereocenters. The number of hydrogen-bond acceptors (Lipinski definition) is 6. The molecule has 1 aromatic heterocycles. The molecular formula is C20H20ClN3O4S. The van der Waals surface area contributed by atoms with Crippen molar-refractivity contribution in [3.8, 4) is 0 Å². The first-order chi connectivity index (χ1) is 14.0. The summed E-state index contributed by atoms with van der Waals surface area (Å²) in [6, 6.07) is 11.1. The zero-order chi connectivity index (χ0) is 20.4. The fourth-order valence-corrected chi connectivity index (χ4v) is 4.25. The van der Waals surface area contributed by atoms with E-state index in [9.17, 15) is 9.59 Å². The minimum Gasteiger partial charge on any atom is -0.472 e. The molecule has 29 heavy (non-hydrogen) atoms. The summed E-state index contributed by atoms with van der Waals surface area (Å²) in [5.74, 6) is 0.313. The van der Waals surface area contributed by atoms with Gasteiger partial charge >= 0.3 is 0 Å². The van der Waals surface area contributed by atoms with E-state index in [4.69, 9.17) is 21.1 Å². The number of benzene rings is 1. The highest BCUT2D eigenvalue weighted by atomic mass is 35.5. The number of rotatable bonds is 5. The van der Waals surface area contributed by atoms with Gasteiger partial charge < -0.3 is 24.6 Å². The van der Waals surface area contributed by atoms with Crippen LogP contribution in [0.25, 0.3) is 0 Å². The monoisotopic (exact) mass is 433 g/mol. The second-order valence-corrected chi connectivity index (χ2v) is 8.39. The molecule has 1 N–H and O–H groups in total. The maximum Gasteiger partial charge on any atom is 0.261 e. The molecule has 0 spiro atoms. The van der Waals surface area contributed by atoms with E-state index in [-0.39, 0.29) is 24.5 Å². The largest absolute Gasteiger partial charge is 0.472 e. The van der Waals surface area contributed by atoms with Crippen LogP contribution in [0.2, 0.25) is 4.34 Å². The van der Waals surface area contributed by atoms with Gasteiger partial charge in [0.25, 0.3) is 11.8 Å². The SMILES string of the molecule is C=C1O[C@@H](CNC(=O)c2ccc(Cl)s2)CN1c1ccc(N2CCOCC2=O)cc1. The average Bonchev–Trinajstić information content (AvgIpc) is 3.32. The molecule has 7 nitrogen and oxygen atoms in total. The van der Waals surface area contributed by atoms with Gasteiger partial charge in [-0.15, -0.1) is 11.3 Å². The number of ether oxygens (including phenoxy) is 2. The third-order valence-electron chi connectivity index (χ3n) is 4.74. The first-order valence-electron chi connectivity index (χ1n) is 9.16. The molecule has 152 valence electrons. The van der Waals surface area contributed by atoms with E-state index in [0.717, 1.165) is 11.4 Å². The normalized spacial score (nSPS) is 19.4. The molecule has 0 unspecified atom stereocenters. The minimum atomic E-state index is -0.206. The Balaban J connectivity index is 1.35. The maximum atomic E-state index is 12.2. The van der Waals surface area contributed by atoms with Gasteiger partial charge in [-0.05, 0) is 43.0 Å². The molecule has 2 saturated heterocycles. The maximum absolute atomic E-state index is 12.2. The van der Waals surface area contributed by atoms with E-state index in [2.05, 4.69) is 11.9 Å². The second-order valence-electron chi connectivity index (χ2n) is 6.67. The zero-order valence-corrected chi connectivity index (χ0v) is 17.2. The molecule has 2 fully saturated rings. The fourth-order valence-electron chi connectivity index (χ4n) is 3.29. The summed E-state index contributed by atoms with van der Waals surface area (Å²) in [6.45, 7) is 6.11. The van der Waals surface area contributed by atoms with Crippen LogP contribution in [-0.4, -0.2) is 50.8 Å². The predicted octanol–water partition coefficient (Wildman–Crippen LogP) is 2.87. The van der Waals surface area contributed by atoms with Crippen molar-refractivity contribution in [3.05, 3.63) is 58.1 Å². The number of carbonyl (C=O) groups is 2. The van der Waals surface area contributed by atoms with Crippen LogP contribution in [0.1, 0.15) is 9.67 Å². The lowest BCUT2D eigenvalue weighted by Crippen LogP contribution is -2.41. The number of nitrogens with zero attached hydrogens (tertiary/aromatic N) is 2. The van der Waals surface area contributed by atoms with Crippen LogP contribution in [0.5, 0.6) is 0 Å². The smallest absolute Gasteiger partial charge is 0.261 e. The molecule has 4 rings (SSSR count). The van der Waals surface area contributed by atoms with Crippen LogP contribution in [0.3, 0.4) is 0 Å². The van der Waals surface area contributed by atoms with E-state index < -0.39 is 0 Å². The highest BCUT2D eigenvalue weighted by Gasteiger charge is 2.29. The van der Waals surface area contributed by atoms with Gasteiger partial charge in [-0.1, -0.05) is 11.6 Å². The molecule has 3 heterocycles. The molecule has 2 amide bonds. The topological polar surface area (TPSA) is 71.1 Å². The first-order valence-corrected chi connectivity index (χ1v) is 10.4. The van der Waals surface area contributed by atoms with Gasteiger partial charge in [0.1, 0.15) is 12.7 Å². The van der Waals surface area contributed by atoms with Crippen LogP contribution in [-0.2, 0) is 14.3 Å². The lowest BCUT2D eigenvalue weighted by Gasteiger charge is -2.27. The van der Waals surface area contributed by atoms with Gasteiger partial charge in [-0.25, -0.2) is 0 Å². The lowest BCUT2D eigenvalue weighted by atomic mass is 10.2. The highest BCUT2D eigenvalue weighted by molar-refractivity contribution is 7.17. The Morgan fingerprint density at radius 3 is 2.59 bits per heavy atom. The Kier molecular flexibility index (Phi) is 5.75. The zero-order valence-electron chi connectivity index (χ0n) is 15.6. The molecular weight excluding hydrogens is 414 g/mol. The van der Waals surface area contributed by atoms with E-state index >= 15 is 0 Å². The van der Waals surface area contributed by atoms with Crippen molar-refractivity contribution in [2.75, 3.05) is 42.6 Å². The molecule has 2 aromatic rings. The van der Waals surface area contributed by atoms with Crippen molar-refractivity contribution in [2.45, 2.75) is 6.10 Å². The van der Waals surface area contributed by atoms with Gasteiger partial charge in [0.15, 0.2) is 5.88 Å². The van der Waals surface area contributed by atoms with Gasteiger partial charge in [0.05, 0.1) is 28.9 Å². The molecule has 0 radical (unpaired) electrons. The number of hydrogen-bond donors (Lipinski definition) is 1. The Labute approximate surface area is 177 Å². The number of anilines is 2. The second kappa shape index (κ2) is 8.44. The molecule has 0 bridgehead atoms. The summed E-state index contributed by atoms with van der Waals surface area (Å²) >= 11 is 7.11. The Hall–Kier alpha value is -2.55.